The standard InChI is InChI=1S/C18H33N5O2/c1-15(2)22-7-5-6-16(13-22)10-19-18(24)23(8-9-25-4)14-17-11-20-21(3)12-17/h11-12,15-16H,5-10,13-14H2,1-4H3,(H,19,24)/t16-/m0/s1. The molecule has 0 saturated carbocycles. The molecule has 0 spiro atoms. The van der Waals surface area contributed by atoms with Gasteiger partial charge in [-0.05, 0) is 39.2 Å². The van der Waals surface area contributed by atoms with E-state index in [9.17, 15) is 4.79 Å². The molecule has 1 fully saturated rings. The number of nitrogens with one attached hydrogen (secondary N) is 1. The summed E-state index contributed by atoms with van der Waals surface area (Å²) in [5.74, 6) is 0.530. The molecular weight excluding hydrogens is 318 g/mol. The van der Waals surface area contributed by atoms with Crippen LogP contribution in [0, 0.1) is 5.92 Å². The number of ether oxygens (including phenoxy) is 1. The molecule has 1 N–H and O–H groups in total. The molecule has 0 bridgehead atoms. The second kappa shape index (κ2) is 9.77. The number of piperidine rings is 1. The Hall–Kier alpha value is -1.60. The van der Waals surface area contributed by atoms with E-state index in [2.05, 4.69) is 29.2 Å². The van der Waals surface area contributed by atoms with Crippen LogP contribution in [0.1, 0.15) is 32.3 Å². The normalized spacial score (nSPS) is 18.5. The quantitative estimate of drug-likeness (QED) is 0.774. The molecule has 7 nitrogen and oxygen atoms in total. The van der Waals surface area contributed by atoms with Gasteiger partial charge in [-0.3, -0.25) is 4.68 Å². The van der Waals surface area contributed by atoms with Crippen molar-refractivity contribution in [1.82, 2.24) is 24.9 Å². The van der Waals surface area contributed by atoms with E-state index in [1.807, 2.05) is 13.2 Å². The fraction of sp³-hybridized carbons (Fsp3) is 0.778. The first kappa shape index (κ1) is 19.7. The second-order valence-corrected chi connectivity index (χ2v) is 7.22. The minimum atomic E-state index is -0.0254. The van der Waals surface area contributed by atoms with Crippen molar-refractivity contribution >= 4 is 6.03 Å². The third kappa shape index (κ3) is 6.32. The van der Waals surface area contributed by atoms with E-state index in [-0.39, 0.29) is 6.03 Å². The van der Waals surface area contributed by atoms with Gasteiger partial charge in [0.1, 0.15) is 0 Å². The van der Waals surface area contributed by atoms with Gasteiger partial charge in [0.15, 0.2) is 0 Å². The molecule has 2 rings (SSSR count). The molecule has 2 amide bonds. The van der Waals surface area contributed by atoms with Gasteiger partial charge in [0.05, 0.1) is 19.3 Å². The summed E-state index contributed by atoms with van der Waals surface area (Å²) in [5.41, 5.74) is 1.03. The van der Waals surface area contributed by atoms with Gasteiger partial charge in [0.25, 0.3) is 0 Å². The van der Waals surface area contributed by atoms with Gasteiger partial charge >= 0.3 is 6.03 Å². The van der Waals surface area contributed by atoms with Crippen molar-refractivity contribution in [3.8, 4) is 0 Å². The molecule has 1 aliphatic heterocycles. The number of carbonyl (C=O) groups is 1. The van der Waals surface area contributed by atoms with Gasteiger partial charge in [0.2, 0.25) is 0 Å². The van der Waals surface area contributed by atoms with Gasteiger partial charge in [0, 0.05) is 51.6 Å². The fourth-order valence-corrected chi connectivity index (χ4v) is 3.30. The summed E-state index contributed by atoms with van der Waals surface area (Å²) in [7, 11) is 3.54. The Kier molecular flexibility index (Phi) is 7.71. The van der Waals surface area contributed by atoms with Crippen molar-refractivity contribution in [3.05, 3.63) is 18.0 Å². The highest BCUT2D eigenvalue weighted by Crippen LogP contribution is 2.17. The molecule has 142 valence electrons. The van der Waals surface area contributed by atoms with Crippen LogP contribution in [0.5, 0.6) is 0 Å². The van der Waals surface area contributed by atoms with Crippen LogP contribution >= 0.6 is 0 Å². The number of aryl methyl sites for hydroxylation is 1. The van der Waals surface area contributed by atoms with Crippen molar-refractivity contribution in [3.63, 3.8) is 0 Å². The van der Waals surface area contributed by atoms with Crippen LogP contribution in [0.15, 0.2) is 12.4 Å². The third-order valence-corrected chi connectivity index (χ3v) is 4.81. The summed E-state index contributed by atoms with van der Waals surface area (Å²) in [6.45, 7) is 9.09. The van der Waals surface area contributed by atoms with Crippen LogP contribution in [0.3, 0.4) is 0 Å². The van der Waals surface area contributed by atoms with Crippen molar-refractivity contribution in [1.29, 1.82) is 0 Å². The average molecular weight is 351 g/mol. The van der Waals surface area contributed by atoms with Gasteiger partial charge < -0.3 is 19.9 Å². The predicted octanol–water partition coefficient (Wildman–Crippen LogP) is 1.70. The molecule has 0 aromatic carbocycles. The number of methoxy groups -OCH3 is 1. The molecule has 0 radical (unpaired) electrons. The van der Waals surface area contributed by atoms with Crippen molar-refractivity contribution in [2.45, 2.75) is 39.3 Å². The Morgan fingerprint density at radius 1 is 1.52 bits per heavy atom. The largest absolute Gasteiger partial charge is 0.383 e. The summed E-state index contributed by atoms with van der Waals surface area (Å²) in [6.07, 6.45) is 6.13. The van der Waals surface area contributed by atoms with Crippen molar-refractivity contribution in [2.75, 3.05) is 39.9 Å². The number of aromatic nitrogens is 2. The molecule has 1 aromatic rings. The molecule has 7 heteroatoms. The Balaban J connectivity index is 1.85. The third-order valence-electron chi connectivity index (χ3n) is 4.81. The SMILES string of the molecule is COCCN(Cc1cnn(C)c1)C(=O)NC[C@@H]1CCCN(C(C)C)C1. The maximum Gasteiger partial charge on any atom is 0.317 e. The van der Waals surface area contributed by atoms with E-state index in [0.717, 1.165) is 18.7 Å². The van der Waals surface area contributed by atoms with Crippen molar-refractivity contribution < 1.29 is 9.53 Å². The summed E-state index contributed by atoms with van der Waals surface area (Å²) in [6, 6.07) is 0.546. The Morgan fingerprint density at radius 3 is 2.96 bits per heavy atom. The van der Waals surface area contributed by atoms with Crippen molar-refractivity contribution in [2.24, 2.45) is 13.0 Å². The lowest BCUT2D eigenvalue weighted by Crippen LogP contribution is -2.47. The van der Waals surface area contributed by atoms with E-state index < -0.39 is 0 Å². The van der Waals surface area contributed by atoms with Gasteiger partial charge in [-0.15, -0.1) is 0 Å². The Labute approximate surface area is 151 Å². The number of hydrogen-bond donors (Lipinski definition) is 1. The minimum Gasteiger partial charge on any atom is -0.383 e. The smallest absolute Gasteiger partial charge is 0.317 e. The number of nitrogens with zero attached hydrogens (tertiary/aromatic N) is 4. The second-order valence-electron chi connectivity index (χ2n) is 7.22. The summed E-state index contributed by atoms with van der Waals surface area (Å²) in [4.78, 5) is 16.9. The monoisotopic (exact) mass is 351 g/mol. The van der Waals surface area contributed by atoms with Gasteiger partial charge in [-0.25, -0.2) is 4.79 Å². The molecule has 0 unspecified atom stereocenters. The Bertz CT molecular complexity index is 531. The van der Waals surface area contributed by atoms with E-state index in [1.54, 1.807) is 22.9 Å². The zero-order valence-electron chi connectivity index (χ0n) is 16.1. The molecule has 1 saturated heterocycles. The molecule has 0 aliphatic carbocycles. The number of hydrogen-bond acceptors (Lipinski definition) is 4. The lowest BCUT2D eigenvalue weighted by molar-refractivity contribution is 0.130. The summed E-state index contributed by atoms with van der Waals surface area (Å²) < 4.78 is 6.91. The average Bonchev–Trinajstić information content (AvgIpc) is 3.01. The minimum absolute atomic E-state index is 0.0254. The van der Waals surface area contributed by atoms with Crippen LogP contribution in [-0.4, -0.2) is 71.5 Å². The summed E-state index contributed by atoms with van der Waals surface area (Å²) >= 11 is 0. The van der Waals surface area contributed by atoms with Crippen LogP contribution < -0.4 is 5.32 Å². The molecule has 1 aliphatic rings. The molecular formula is C18H33N5O2. The first-order valence-corrected chi connectivity index (χ1v) is 9.23. The highest BCUT2D eigenvalue weighted by molar-refractivity contribution is 5.74. The topological polar surface area (TPSA) is 62.6 Å². The zero-order valence-corrected chi connectivity index (χ0v) is 16.1. The fourth-order valence-electron chi connectivity index (χ4n) is 3.30. The van der Waals surface area contributed by atoms with E-state index in [0.29, 0.717) is 31.7 Å². The number of rotatable bonds is 8. The van der Waals surface area contributed by atoms with Crippen LogP contribution in [-0.2, 0) is 18.3 Å². The number of carbonyl (C=O) groups excluding carboxylic acids is 1. The van der Waals surface area contributed by atoms with E-state index >= 15 is 0 Å². The zero-order chi connectivity index (χ0) is 18.2. The van der Waals surface area contributed by atoms with Gasteiger partial charge in [-0.2, -0.15) is 5.10 Å². The van der Waals surface area contributed by atoms with Crippen LogP contribution in [0.2, 0.25) is 0 Å². The Morgan fingerprint density at radius 2 is 2.32 bits per heavy atom. The van der Waals surface area contributed by atoms with E-state index in [1.165, 1.54) is 19.4 Å². The first-order valence-electron chi connectivity index (χ1n) is 9.23. The van der Waals surface area contributed by atoms with E-state index in [4.69, 9.17) is 4.74 Å². The van der Waals surface area contributed by atoms with Crippen LogP contribution in [0.4, 0.5) is 4.79 Å². The number of likely N-dealkylation sites (tertiary alicyclic amines) is 1. The molecule has 2 heterocycles. The maximum absolute atomic E-state index is 12.6. The predicted molar refractivity (Wildman–Crippen MR) is 98.3 cm³/mol. The maximum atomic E-state index is 12.6. The first-order chi connectivity index (χ1) is 12.0. The lowest BCUT2D eigenvalue weighted by atomic mass is 9.97. The highest BCUT2D eigenvalue weighted by atomic mass is 16.5. The number of amides is 2. The summed E-state index contributed by atoms with van der Waals surface area (Å²) in [5, 5.41) is 7.30. The lowest BCUT2D eigenvalue weighted by Gasteiger charge is -2.35. The van der Waals surface area contributed by atoms with Crippen LogP contribution in [0.25, 0.3) is 0 Å². The number of urea groups is 1. The molecule has 25 heavy (non-hydrogen) atoms. The highest BCUT2D eigenvalue weighted by Gasteiger charge is 2.23. The molecule has 1 atom stereocenters. The van der Waals surface area contributed by atoms with Gasteiger partial charge in [-0.1, -0.05) is 0 Å². The molecule has 1 aromatic heterocycles.